The second-order valence-electron chi connectivity index (χ2n) is 24.2. The molecule has 0 bridgehead atoms. The van der Waals surface area contributed by atoms with Crippen molar-refractivity contribution in [2.24, 2.45) is 0 Å². The molecule has 2 N–H and O–H groups in total. The van der Waals surface area contributed by atoms with E-state index in [1.807, 2.05) is 14.1 Å². The number of nitrogens with zero attached hydrogens (tertiary/aromatic N) is 18. The maximum Gasteiger partial charge on any atom is 0.227 e. The largest absolute Gasteiger partial charge is 0.357 e. The Morgan fingerprint density at radius 2 is 0.327 bits per heavy atom. The molecule has 6 aromatic heterocycles. The van der Waals surface area contributed by atoms with E-state index in [0.717, 1.165) is 271 Å². The quantitative estimate of drug-likeness (QED) is 0.0266. The third kappa shape index (κ3) is 39.8. The van der Waals surface area contributed by atoms with Crippen LogP contribution in [-0.2, 0) is 32.1 Å². The van der Waals surface area contributed by atoms with Crippen molar-refractivity contribution >= 4 is 141 Å². The Morgan fingerprint density at radius 3 is 0.505 bits per heavy atom. The van der Waals surface area contributed by atoms with E-state index in [0.29, 0.717) is 11.9 Å². The van der Waals surface area contributed by atoms with Gasteiger partial charge < -0.3 is 10.6 Å². The molecule has 0 spiro atoms. The Balaban J connectivity index is 0.968. The molecule has 0 aliphatic heterocycles. The zero-order valence-corrected chi connectivity index (χ0v) is 70.6. The first-order valence-electron chi connectivity index (χ1n) is 37.5. The molecule has 6 heterocycles. The van der Waals surface area contributed by atoms with Crippen LogP contribution in [0.25, 0.3) is 0 Å². The normalized spacial score (nSPS) is 11.6. The Labute approximate surface area is 652 Å². The second-order valence-corrected chi connectivity index (χ2v) is 35.9. The molecule has 0 atom stereocenters. The van der Waals surface area contributed by atoms with E-state index in [9.17, 15) is 0 Å². The summed E-state index contributed by atoms with van der Waals surface area (Å²) in [6, 6.07) is 0. The summed E-state index contributed by atoms with van der Waals surface area (Å²) in [5.74, 6) is 16.4. The molecule has 0 aromatic carbocycles. The van der Waals surface area contributed by atoms with Gasteiger partial charge in [-0.1, -0.05) is 248 Å². The van der Waals surface area contributed by atoms with E-state index < -0.39 is 0 Å². The first kappa shape index (κ1) is 87.4. The fraction of sp³-hybridized carbons (Fsp3) is 0.743. The molecule has 6 rings (SSSR count). The van der Waals surface area contributed by atoms with Crippen molar-refractivity contribution in [3.63, 3.8) is 0 Å². The maximum absolute atomic E-state index is 5.04. The molecule has 20 nitrogen and oxygen atoms in total. The SMILES string of the molecule is CCCCCSc1nc(CCCCSc2nc(CCCCSc3nc(CCCCSc4nc(CCCCSc5nc(CCCCSc6nc(NC)nc(SCCCCC)n6)nc(SCCCCC)n5)nc(SCCCCC)n4)nc(SCCCCC)n3)nc(SCCCCC)n2)nc(NC)n1. The van der Waals surface area contributed by atoms with Crippen molar-refractivity contribution in [1.29, 1.82) is 0 Å². The van der Waals surface area contributed by atoms with E-state index in [2.05, 4.69) is 72.1 Å². The van der Waals surface area contributed by atoms with E-state index >= 15 is 0 Å². The van der Waals surface area contributed by atoms with E-state index in [4.69, 9.17) is 69.8 Å². The molecule has 0 unspecified atom stereocenters. The van der Waals surface area contributed by atoms with Crippen molar-refractivity contribution < 1.29 is 0 Å². The average molecular weight is 1590 g/mol. The summed E-state index contributed by atoms with van der Waals surface area (Å²) >= 11 is 19.1. The first-order chi connectivity index (χ1) is 49.7. The van der Waals surface area contributed by atoms with Gasteiger partial charge in [-0.15, -0.1) is 0 Å². The van der Waals surface area contributed by atoms with Crippen LogP contribution in [-0.4, -0.2) is 167 Å². The molecule has 0 fully saturated rings. The lowest BCUT2D eigenvalue weighted by molar-refractivity contribution is 0.676. The molecule has 101 heavy (non-hydrogen) atoms. The number of thioether (sulfide) groups is 11. The van der Waals surface area contributed by atoms with Crippen molar-refractivity contribution in [3.8, 4) is 0 Å². The van der Waals surface area contributed by atoms with Crippen LogP contribution in [0.1, 0.15) is 250 Å². The van der Waals surface area contributed by atoms with Gasteiger partial charge in [-0.05, 0) is 103 Å². The van der Waals surface area contributed by atoms with Gasteiger partial charge >= 0.3 is 0 Å². The zero-order valence-electron chi connectivity index (χ0n) is 61.7. The molecule has 0 amide bonds. The fourth-order valence-electron chi connectivity index (χ4n) is 9.58. The van der Waals surface area contributed by atoms with Gasteiger partial charge in [0.2, 0.25) is 11.9 Å². The van der Waals surface area contributed by atoms with Gasteiger partial charge in [0.05, 0.1) is 0 Å². The minimum absolute atomic E-state index is 0.627. The minimum Gasteiger partial charge on any atom is -0.357 e. The smallest absolute Gasteiger partial charge is 0.227 e. The van der Waals surface area contributed by atoms with E-state index in [1.165, 1.54) is 89.9 Å². The molecular formula is C70H114N20S11. The second kappa shape index (κ2) is 56.7. The number of hydrogen-bond donors (Lipinski definition) is 2. The third-order valence-corrected chi connectivity index (χ3v) is 25.5. The maximum atomic E-state index is 5.04. The minimum atomic E-state index is 0.627. The molecule has 560 valence electrons. The van der Waals surface area contributed by atoms with Gasteiger partial charge in [0.15, 0.2) is 56.7 Å². The van der Waals surface area contributed by atoms with Crippen LogP contribution in [0.2, 0.25) is 0 Å². The lowest BCUT2D eigenvalue weighted by atomic mass is 10.2. The topological polar surface area (TPSA) is 256 Å². The monoisotopic (exact) mass is 1590 g/mol. The summed E-state index contributed by atoms with van der Waals surface area (Å²) in [5, 5.41) is 15.3. The number of aryl methyl sites for hydroxylation is 5. The Bertz CT molecular complexity index is 2960. The predicted molar refractivity (Wildman–Crippen MR) is 438 cm³/mol. The van der Waals surface area contributed by atoms with Crippen molar-refractivity contribution in [2.75, 3.05) is 88.0 Å². The molecule has 0 aliphatic rings. The first-order valence-corrected chi connectivity index (χ1v) is 48.3. The van der Waals surface area contributed by atoms with Gasteiger partial charge in [0, 0.05) is 109 Å². The predicted octanol–water partition coefficient (Wildman–Crippen LogP) is 20.1. The highest BCUT2D eigenvalue weighted by molar-refractivity contribution is 8.01. The standard InChI is InChI=1S/C70H114N20S11/c1-9-15-26-42-91-60-74-53(73-58(71-7)83-60)37-21-32-48-96-65-79-54(75-61(86-65)92-43-27-16-10-2)38-22-33-49-97-66-80-55(76-62(87-66)93-44-28-17-11-3)39-23-34-50-98-67-81-56(77-63(88-67)94-45-29-18-12-4)40-24-35-51-99-68-82-57(78-64(89-68)95-46-30-19-13-5)41-25-36-52-101-70-85-59(72-8)84-69(90-70)100-47-31-20-14-6/h9-52H2,1-8H3,(H,71,73,74,83)(H,72,84,85,90). The molecule has 31 heteroatoms. The van der Waals surface area contributed by atoms with Crippen molar-refractivity contribution in [1.82, 2.24) is 89.7 Å². The molecule has 6 aromatic rings. The summed E-state index contributed by atoms with van der Waals surface area (Å²) in [7, 11) is 3.73. The van der Waals surface area contributed by atoms with E-state index in [1.54, 1.807) is 129 Å². The van der Waals surface area contributed by atoms with Crippen LogP contribution in [0.4, 0.5) is 11.9 Å². The number of rotatable bonds is 62. The number of nitrogens with one attached hydrogen (secondary N) is 2. The van der Waals surface area contributed by atoms with Crippen LogP contribution >= 0.6 is 129 Å². The third-order valence-electron chi connectivity index (χ3n) is 15.3. The Hall–Kier alpha value is -2.49. The van der Waals surface area contributed by atoms with Crippen LogP contribution in [0.3, 0.4) is 0 Å². The Morgan fingerprint density at radius 1 is 0.178 bits per heavy atom. The zero-order chi connectivity index (χ0) is 71.4. The summed E-state index contributed by atoms with van der Waals surface area (Å²) in [6.45, 7) is 13.4. The van der Waals surface area contributed by atoms with Gasteiger partial charge in [-0.2, -0.15) is 44.9 Å². The van der Waals surface area contributed by atoms with Gasteiger partial charge in [0.25, 0.3) is 0 Å². The summed E-state index contributed by atoms with van der Waals surface area (Å²) in [6.07, 6.45) is 35.4. The van der Waals surface area contributed by atoms with Crippen LogP contribution < -0.4 is 10.6 Å². The van der Waals surface area contributed by atoms with Crippen molar-refractivity contribution in [3.05, 3.63) is 29.1 Å². The lowest BCUT2D eigenvalue weighted by Crippen LogP contribution is -2.05. The van der Waals surface area contributed by atoms with Gasteiger partial charge in [-0.3, -0.25) is 0 Å². The summed E-state index contributed by atoms with van der Waals surface area (Å²) in [5.41, 5.74) is 0. The highest BCUT2D eigenvalue weighted by Crippen LogP contribution is 2.29. The highest BCUT2D eigenvalue weighted by Gasteiger charge is 2.16. The average Bonchev–Trinajstić information content (AvgIpc) is 1.92. The number of unbranched alkanes of at least 4 members (excludes halogenated alkanes) is 17. The molecular weight excluding hydrogens is 1470 g/mol. The van der Waals surface area contributed by atoms with Gasteiger partial charge in [0.1, 0.15) is 29.1 Å². The molecule has 0 saturated carbocycles. The number of hydrogen-bond acceptors (Lipinski definition) is 31. The molecule has 0 radical (unpaired) electrons. The summed E-state index contributed by atoms with van der Waals surface area (Å²) < 4.78 is 0. The van der Waals surface area contributed by atoms with Crippen LogP contribution in [0.5, 0.6) is 0 Å². The van der Waals surface area contributed by atoms with Gasteiger partial charge in [-0.25, -0.2) is 44.9 Å². The number of anilines is 2. The van der Waals surface area contributed by atoms with Crippen LogP contribution in [0, 0.1) is 0 Å². The molecule has 0 saturated heterocycles. The molecule has 0 aliphatic carbocycles. The van der Waals surface area contributed by atoms with E-state index in [-0.39, 0.29) is 0 Å². The highest BCUT2D eigenvalue weighted by atomic mass is 32.2. The van der Waals surface area contributed by atoms with Crippen LogP contribution in [0.15, 0.2) is 56.7 Å². The Kier molecular flexibility index (Phi) is 49.1. The van der Waals surface area contributed by atoms with Crippen molar-refractivity contribution in [2.45, 2.75) is 310 Å². The number of aromatic nitrogens is 18. The fourth-order valence-corrected chi connectivity index (χ4v) is 19.2. The lowest BCUT2D eigenvalue weighted by Gasteiger charge is -2.09. The summed E-state index contributed by atoms with van der Waals surface area (Å²) in [4.78, 5) is 87.8.